The molecule has 2 aromatic rings. The van der Waals surface area contributed by atoms with Crippen LogP contribution in [0.5, 0.6) is 0 Å². The Kier molecular flexibility index (Phi) is 4.88. The summed E-state index contributed by atoms with van der Waals surface area (Å²) in [5.74, 6) is -1.49. The Hall–Kier alpha value is -2.94. The minimum absolute atomic E-state index is 0.00491. The Bertz CT molecular complexity index is 1140. The van der Waals surface area contributed by atoms with Crippen LogP contribution in [0.3, 0.4) is 0 Å². The molecular weight excluding hydrogens is 393 g/mol. The number of oxime groups is 1. The van der Waals surface area contributed by atoms with Crippen LogP contribution in [0.4, 0.5) is 4.39 Å². The molecule has 8 nitrogen and oxygen atoms in total. The largest absolute Gasteiger partial charge is 0.466 e. The van der Waals surface area contributed by atoms with E-state index >= 15 is 0 Å². The van der Waals surface area contributed by atoms with Gasteiger partial charge in [-0.1, -0.05) is 16.8 Å². The summed E-state index contributed by atoms with van der Waals surface area (Å²) in [7, 11) is 2.69. The Labute approximate surface area is 163 Å². The maximum absolute atomic E-state index is 14.6. The summed E-state index contributed by atoms with van der Waals surface area (Å²) in [6.45, 7) is 3.09. The van der Waals surface area contributed by atoms with E-state index in [1.165, 1.54) is 37.8 Å². The van der Waals surface area contributed by atoms with E-state index in [1.54, 1.807) is 6.92 Å². The zero-order valence-electron chi connectivity index (χ0n) is 15.6. The molecule has 1 unspecified atom stereocenters. The van der Waals surface area contributed by atoms with Gasteiger partial charge in [-0.15, -0.1) is 0 Å². The molecule has 0 N–H and O–H groups in total. The fourth-order valence-corrected chi connectivity index (χ4v) is 3.16. The zero-order valence-corrected chi connectivity index (χ0v) is 16.3. The maximum Gasteiger partial charge on any atom is 0.353 e. The van der Waals surface area contributed by atoms with Crippen LogP contribution in [0.1, 0.15) is 24.6 Å². The summed E-state index contributed by atoms with van der Waals surface area (Å²) in [6, 6.07) is 3.44. The van der Waals surface area contributed by atoms with Crippen molar-refractivity contribution < 1.29 is 18.8 Å². The number of ether oxygens (including phenoxy) is 1. The lowest BCUT2D eigenvalue weighted by Gasteiger charge is -2.17. The molecule has 1 aliphatic rings. The van der Waals surface area contributed by atoms with Gasteiger partial charge in [0.15, 0.2) is 0 Å². The number of rotatable bonds is 3. The van der Waals surface area contributed by atoms with Crippen molar-refractivity contribution in [1.82, 2.24) is 9.13 Å². The lowest BCUT2D eigenvalue weighted by molar-refractivity contribution is -0.164. The summed E-state index contributed by atoms with van der Waals surface area (Å²) in [6.07, 6.45) is 0.0191. The Morgan fingerprint density at radius 1 is 1.36 bits per heavy atom. The lowest BCUT2D eigenvalue weighted by Crippen LogP contribution is -2.39. The Morgan fingerprint density at radius 2 is 2.04 bits per heavy atom. The highest BCUT2D eigenvalue weighted by atomic mass is 35.5. The van der Waals surface area contributed by atoms with E-state index < -0.39 is 28.6 Å². The van der Waals surface area contributed by atoms with Gasteiger partial charge in [0.2, 0.25) is 5.60 Å². The molecule has 28 heavy (non-hydrogen) atoms. The van der Waals surface area contributed by atoms with Crippen LogP contribution >= 0.6 is 11.6 Å². The van der Waals surface area contributed by atoms with Crippen LogP contribution in [-0.2, 0) is 21.4 Å². The molecule has 148 valence electrons. The molecule has 0 radical (unpaired) electrons. The molecule has 0 aliphatic carbocycles. The molecule has 0 saturated carbocycles. The molecule has 0 fully saturated rings. The Balaban J connectivity index is 2.15. The van der Waals surface area contributed by atoms with Crippen molar-refractivity contribution in [2.24, 2.45) is 12.2 Å². The average Bonchev–Trinajstić information content (AvgIpc) is 3.04. The normalized spacial score (nSPS) is 18.6. The lowest BCUT2D eigenvalue weighted by atomic mass is 9.95. The Morgan fingerprint density at radius 3 is 2.68 bits per heavy atom. The maximum atomic E-state index is 14.6. The number of carbonyl (C=O) groups excluding carboxylic acids is 1. The molecule has 1 aromatic carbocycles. The van der Waals surface area contributed by atoms with E-state index in [-0.39, 0.29) is 28.4 Å². The number of aromatic nitrogens is 2. The second-order valence-corrected chi connectivity index (χ2v) is 7.02. The number of methoxy groups -OCH3 is 1. The molecule has 0 spiro atoms. The van der Waals surface area contributed by atoms with Crippen LogP contribution in [0.2, 0.25) is 5.02 Å². The summed E-state index contributed by atoms with van der Waals surface area (Å²) in [4.78, 5) is 42.0. The number of hydrogen-bond donors (Lipinski definition) is 0. The van der Waals surface area contributed by atoms with E-state index in [4.69, 9.17) is 21.2 Å². The molecule has 0 amide bonds. The van der Waals surface area contributed by atoms with Crippen LogP contribution in [0.15, 0.2) is 32.9 Å². The fraction of sp³-hybridized carbons (Fsp3) is 0.333. The molecule has 1 atom stereocenters. The smallest absolute Gasteiger partial charge is 0.353 e. The summed E-state index contributed by atoms with van der Waals surface area (Å²) in [5, 5.41) is 3.86. The fourth-order valence-electron chi connectivity index (χ4n) is 2.90. The molecule has 0 bridgehead atoms. The summed E-state index contributed by atoms with van der Waals surface area (Å²) in [5.41, 5.74) is -2.09. The number of hydrogen-bond acceptors (Lipinski definition) is 6. The third-order valence-electron chi connectivity index (χ3n) is 4.63. The zero-order chi connectivity index (χ0) is 20.8. The average molecular weight is 410 g/mol. The van der Waals surface area contributed by atoms with Crippen LogP contribution in [-0.4, -0.2) is 33.5 Å². The van der Waals surface area contributed by atoms with Gasteiger partial charge in [-0.05, 0) is 26.0 Å². The number of esters is 1. The first-order valence-corrected chi connectivity index (χ1v) is 8.60. The second-order valence-electron chi connectivity index (χ2n) is 6.61. The van der Waals surface area contributed by atoms with Gasteiger partial charge in [0, 0.05) is 30.8 Å². The van der Waals surface area contributed by atoms with E-state index in [0.29, 0.717) is 10.3 Å². The van der Waals surface area contributed by atoms with Crippen LogP contribution in [0, 0.1) is 12.7 Å². The van der Waals surface area contributed by atoms with E-state index in [2.05, 4.69) is 5.16 Å². The number of nitrogens with zero attached hydrogens (tertiary/aromatic N) is 3. The van der Waals surface area contributed by atoms with Crippen molar-refractivity contribution >= 4 is 23.3 Å². The third kappa shape index (κ3) is 3.11. The van der Waals surface area contributed by atoms with Gasteiger partial charge in [0.25, 0.3) is 5.56 Å². The topological polar surface area (TPSA) is 91.9 Å². The van der Waals surface area contributed by atoms with Crippen molar-refractivity contribution in [2.45, 2.75) is 25.9 Å². The van der Waals surface area contributed by atoms with E-state index in [0.717, 1.165) is 6.07 Å². The molecule has 0 saturated heterocycles. The number of aryl methyl sites for hydroxylation is 1. The van der Waals surface area contributed by atoms with Crippen LogP contribution < -0.4 is 11.2 Å². The van der Waals surface area contributed by atoms with Gasteiger partial charge in [0.05, 0.1) is 23.5 Å². The van der Waals surface area contributed by atoms with Crippen molar-refractivity contribution in [3.8, 4) is 5.69 Å². The van der Waals surface area contributed by atoms with Crippen LogP contribution in [0.25, 0.3) is 5.69 Å². The predicted octanol–water partition coefficient (Wildman–Crippen LogP) is 1.69. The summed E-state index contributed by atoms with van der Waals surface area (Å²) < 4.78 is 21.2. The molecule has 1 aliphatic heterocycles. The predicted molar refractivity (Wildman–Crippen MR) is 99.6 cm³/mol. The molecular formula is C18H17ClFN3O5. The monoisotopic (exact) mass is 409 g/mol. The van der Waals surface area contributed by atoms with Crippen molar-refractivity contribution in [3.63, 3.8) is 0 Å². The third-order valence-corrected chi connectivity index (χ3v) is 4.94. The number of halogens is 2. The SMILES string of the molecule is COC(=O)C1(C)CC(c2cc(-n3c(=O)cc(C)n(C)c3=O)c(F)cc2Cl)=NO1. The highest BCUT2D eigenvalue weighted by Crippen LogP contribution is 2.32. The first-order chi connectivity index (χ1) is 13.1. The van der Waals surface area contributed by atoms with E-state index in [9.17, 15) is 18.8 Å². The molecule has 3 rings (SSSR count). The summed E-state index contributed by atoms with van der Waals surface area (Å²) >= 11 is 6.15. The number of carbonyl (C=O) groups is 1. The van der Waals surface area contributed by atoms with Gasteiger partial charge in [-0.3, -0.25) is 4.79 Å². The minimum Gasteiger partial charge on any atom is -0.466 e. The molecule has 1 aromatic heterocycles. The van der Waals surface area contributed by atoms with Gasteiger partial charge in [-0.25, -0.2) is 18.5 Å². The highest BCUT2D eigenvalue weighted by molar-refractivity contribution is 6.34. The van der Waals surface area contributed by atoms with Gasteiger partial charge in [-0.2, -0.15) is 0 Å². The van der Waals surface area contributed by atoms with Crippen molar-refractivity contribution in [1.29, 1.82) is 0 Å². The molecule has 2 heterocycles. The van der Waals surface area contributed by atoms with Gasteiger partial charge in [0.1, 0.15) is 5.82 Å². The highest BCUT2D eigenvalue weighted by Gasteiger charge is 2.44. The number of benzene rings is 1. The van der Waals surface area contributed by atoms with Gasteiger partial charge >= 0.3 is 11.7 Å². The van der Waals surface area contributed by atoms with E-state index in [1.807, 2.05) is 0 Å². The first-order valence-electron chi connectivity index (χ1n) is 8.22. The van der Waals surface area contributed by atoms with Crippen molar-refractivity contribution in [2.75, 3.05) is 7.11 Å². The first kappa shape index (κ1) is 19.8. The van der Waals surface area contributed by atoms with Crippen molar-refractivity contribution in [3.05, 3.63) is 61.1 Å². The van der Waals surface area contributed by atoms with Gasteiger partial charge < -0.3 is 14.1 Å². The minimum atomic E-state index is -1.35. The quantitative estimate of drug-likeness (QED) is 0.719. The second kappa shape index (κ2) is 6.90. The standard InChI is InChI=1S/C18H17ClFN3O5/c1-9-5-15(24)23(17(26)22(9)3)14-6-10(11(19)7-12(14)20)13-8-18(2,28-21-13)16(25)27-4/h5-7H,8H2,1-4H3. The molecule has 10 heteroatoms.